The number of likely N-dealkylation sites (tertiary alicyclic amines) is 2. The maximum atomic E-state index is 14.4. The van der Waals surface area contributed by atoms with Gasteiger partial charge in [-0.3, -0.25) is 9.59 Å². The lowest BCUT2D eigenvalue weighted by Gasteiger charge is -2.30. The van der Waals surface area contributed by atoms with Gasteiger partial charge in [-0.2, -0.15) is 0 Å². The number of nitrogens with one attached hydrogen (secondary N) is 4. The van der Waals surface area contributed by atoms with Gasteiger partial charge in [0.25, 0.3) is 5.91 Å². The lowest BCUT2D eigenvalue weighted by Crippen LogP contribution is -2.51. The summed E-state index contributed by atoms with van der Waals surface area (Å²) < 4.78 is 21.8. The van der Waals surface area contributed by atoms with Crippen LogP contribution in [0, 0.1) is 17.8 Å². The zero-order valence-electron chi connectivity index (χ0n) is 38.1. The Balaban J connectivity index is 0.979. The van der Waals surface area contributed by atoms with E-state index in [2.05, 4.69) is 63.9 Å². The largest absolute Gasteiger partial charge is 0.488 e. The number of carbonyl (C=O) groups excluding carboxylic acids is 4. The van der Waals surface area contributed by atoms with Crippen LogP contribution in [0.2, 0.25) is 0 Å². The molecular formula is C50H56N8O8. The van der Waals surface area contributed by atoms with Gasteiger partial charge in [0.2, 0.25) is 5.91 Å². The van der Waals surface area contributed by atoms with E-state index < -0.39 is 30.3 Å². The first kappa shape index (κ1) is 44.3. The van der Waals surface area contributed by atoms with Crippen molar-refractivity contribution in [1.29, 1.82) is 0 Å². The van der Waals surface area contributed by atoms with Crippen LogP contribution in [0.5, 0.6) is 5.75 Å². The first-order chi connectivity index (χ1) is 32.0. The number of H-pyrrole nitrogens is 2. The average Bonchev–Trinajstić information content (AvgIpc) is 4.17. The molecule has 7 atom stereocenters. The lowest BCUT2D eigenvalue weighted by atomic mass is 9.92. The molecule has 4 amide bonds. The Morgan fingerprint density at radius 2 is 1.61 bits per heavy atom. The Morgan fingerprint density at radius 1 is 0.848 bits per heavy atom. The molecule has 0 spiro atoms. The van der Waals surface area contributed by atoms with Gasteiger partial charge >= 0.3 is 12.2 Å². The molecular weight excluding hydrogens is 841 g/mol. The van der Waals surface area contributed by atoms with E-state index in [4.69, 9.17) is 28.9 Å². The number of benzene rings is 4. The fraction of sp³-hybridized carbons (Fsp3) is 0.400. The molecule has 2 fully saturated rings. The Hall–Kier alpha value is -6.94. The number of ether oxygens (including phenoxy) is 4. The number of hydrogen-bond acceptors (Lipinski definition) is 10. The van der Waals surface area contributed by atoms with Crippen LogP contribution in [0.4, 0.5) is 9.59 Å². The van der Waals surface area contributed by atoms with E-state index in [1.165, 1.54) is 14.2 Å². The van der Waals surface area contributed by atoms with Gasteiger partial charge in [-0.05, 0) is 76.6 Å². The van der Waals surface area contributed by atoms with E-state index in [0.717, 1.165) is 61.9 Å². The van der Waals surface area contributed by atoms with Crippen molar-refractivity contribution in [1.82, 2.24) is 40.4 Å². The van der Waals surface area contributed by atoms with Crippen molar-refractivity contribution in [2.75, 3.05) is 41.0 Å². The third-order valence-corrected chi connectivity index (χ3v) is 13.5. The molecule has 0 bridgehead atoms. The molecule has 4 N–H and O–H groups in total. The van der Waals surface area contributed by atoms with Crippen molar-refractivity contribution < 1.29 is 38.1 Å². The van der Waals surface area contributed by atoms with Crippen LogP contribution in [0.25, 0.3) is 44.2 Å². The average molecular weight is 897 g/mol. The van der Waals surface area contributed by atoms with Crippen molar-refractivity contribution in [2.24, 2.45) is 17.8 Å². The van der Waals surface area contributed by atoms with Gasteiger partial charge in [-0.15, -0.1) is 0 Å². The first-order valence-electron chi connectivity index (χ1n) is 22.6. The number of methoxy groups -OCH3 is 3. The number of aromatic amines is 2. The Bertz CT molecular complexity index is 2790. The zero-order valence-corrected chi connectivity index (χ0v) is 38.1. The van der Waals surface area contributed by atoms with Gasteiger partial charge in [-0.25, -0.2) is 19.6 Å². The van der Waals surface area contributed by atoms with Crippen molar-refractivity contribution in [3.8, 4) is 28.1 Å². The minimum atomic E-state index is -0.956. The Morgan fingerprint density at radius 3 is 2.36 bits per heavy atom. The van der Waals surface area contributed by atoms with Gasteiger partial charge in [0.1, 0.15) is 36.1 Å². The van der Waals surface area contributed by atoms with Crippen molar-refractivity contribution in [3.05, 3.63) is 102 Å². The van der Waals surface area contributed by atoms with Gasteiger partial charge in [-0.1, -0.05) is 75.7 Å². The van der Waals surface area contributed by atoms with E-state index in [9.17, 15) is 19.2 Å². The minimum absolute atomic E-state index is 0.0579. The second-order valence-electron chi connectivity index (χ2n) is 17.9. The fourth-order valence-corrected chi connectivity index (χ4v) is 9.94. The molecule has 16 heteroatoms. The summed E-state index contributed by atoms with van der Waals surface area (Å²) in [6.45, 7) is 7.91. The predicted octanol–water partition coefficient (Wildman–Crippen LogP) is 7.98. The second kappa shape index (κ2) is 18.5. The number of amides is 4. The summed E-state index contributed by atoms with van der Waals surface area (Å²) in [5, 5.41) is 7.43. The second-order valence-corrected chi connectivity index (χ2v) is 17.9. The van der Waals surface area contributed by atoms with Crippen LogP contribution in [0.1, 0.15) is 80.9 Å². The van der Waals surface area contributed by atoms with Crippen molar-refractivity contribution >= 4 is 45.8 Å². The lowest BCUT2D eigenvalue weighted by molar-refractivity contribution is -0.136. The fourth-order valence-electron chi connectivity index (χ4n) is 9.94. The van der Waals surface area contributed by atoms with Crippen LogP contribution in [0.15, 0.2) is 79.0 Å². The molecule has 344 valence electrons. The summed E-state index contributed by atoms with van der Waals surface area (Å²) in [4.78, 5) is 73.8. The summed E-state index contributed by atoms with van der Waals surface area (Å²) in [6, 6.07) is 21.4. The van der Waals surface area contributed by atoms with Gasteiger partial charge < -0.3 is 49.3 Å². The van der Waals surface area contributed by atoms with Crippen LogP contribution in [-0.2, 0) is 30.4 Å². The van der Waals surface area contributed by atoms with Crippen molar-refractivity contribution in [3.63, 3.8) is 0 Å². The maximum absolute atomic E-state index is 14.4. The summed E-state index contributed by atoms with van der Waals surface area (Å²) >= 11 is 0. The minimum Gasteiger partial charge on any atom is -0.488 e. The zero-order chi connectivity index (χ0) is 46.2. The van der Waals surface area contributed by atoms with E-state index in [-0.39, 0.29) is 35.6 Å². The molecule has 6 aromatic rings. The molecule has 3 aliphatic heterocycles. The molecule has 0 aliphatic carbocycles. The smallest absolute Gasteiger partial charge is 0.407 e. The van der Waals surface area contributed by atoms with E-state index >= 15 is 0 Å². The Kier molecular flexibility index (Phi) is 12.4. The molecule has 4 aromatic carbocycles. The highest BCUT2D eigenvalue weighted by Crippen LogP contribution is 2.44. The maximum Gasteiger partial charge on any atom is 0.407 e. The summed E-state index contributed by atoms with van der Waals surface area (Å²) in [5.74, 6) is 1.94. The standard InChI is InChI=1S/C50H56N8O8/c1-7-28(3)42(55-49(61)64-5)47(59)57-23-27(2)17-39(57)45-51-22-38(53-45)32-13-15-34-33(19-32)26-66-41-21-35-31(20-36(34)41)14-16-37-44(35)54-46(52-37)40-18-29(25-63-4)24-58(40)48(60)43(56-50(62)65-6)30-11-9-8-10-12-30/h8-16,19-22,27-29,39-40,42-43H,7,17-18,23-26H2,1-6H3,(H,51,53)(H,52,54)(H,55,61)(H,56,62)/t27-,28-,29?,39-,40-,42?,43?/m0/s1. The summed E-state index contributed by atoms with van der Waals surface area (Å²) in [5.41, 5.74) is 7.10. The summed E-state index contributed by atoms with van der Waals surface area (Å²) in [7, 11) is 4.23. The number of rotatable bonds is 12. The van der Waals surface area contributed by atoms with Crippen LogP contribution < -0.4 is 15.4 Å². The van der Waals surface area contributed by atoms with Gasteiger partial charge in [0.15, 0.2) is 0 Å². The number of nitrogens with zero attached hydrogens (tertiary/aromatic N) is 4. The number of hydrogen-bond donors (Lipinski definition) is 4. The van der Waals surface area contributed by atoms with E-state index in [1.807, 2.05) is 61.3 Å². The number of aromatic nitrogens is 4. The van der Waals surface area contributed by atoms with Crippen LogP contribution in [0.3, 0.4) is 0 Å². The van der Waals surface area contributed by atoms with Gasteiger partial charge in [0.05, 0.1) is 55.8 Å². The topological polar surface area (TPSA) is 193 Å². The number of imidazole rings is 2. The SMILES string of the molecule is CC[C@H](C)C(NC(=O)OC)C(=O)N1C[C@@H](C)C[C@H]1c1ncc(-c2ccc3c(c2)COc2cc4c(ccc5[nH]c([C@@H]6CC(COC)CN6C(=O)C(NC(=O)OC)c6ccccc6)nc54)cc2-3)[nH]1. The molecule has 66 heavy (non-hydrogen) atoms. The number of fused-ring (bicyclic) bond motifs is 6. The molecule has 16 nitrogen and oxygen atoms in total. The molecule has 2 saturated heterocycles. The third kappa shape index (κ3) is 8.41. The third-order valence-electron chi connectivity index (χ3n) is 13.5. The molecule has 3 aliphatic rings. The summed E-state index contributed by atoms with van der Waals surface area (Å²) in [6.07, 6.45) is 2.58. The van der Waals surface area contributed by atoms with Gasteiger partial charge in [0, 0.05) is 37.1 Å². The molecule has 0 saturated carbocycles. The monoisotopic (exact) mass is 896 g/mol. The predicted molar refractivity (Wildman–Crippen MR) is 247 cm³/mol. The molecule has 9 rings (SSSR count). The molecule has 5 heterocycles. The van der Waals surface area contributed by atoms with E-state index in [0.29, 0.717) is 56.4 Å². The number of alkyl carbamates (subject to hydrolysis) is 2. The first-order valence-corrected chi connectivity index (χ1v) is 22.6. The molecule has 0 radical (unpaired) electrons. The highest BCUT2D eigenvalue weighted by molar-refractivity contribution is 6.07. The molecule has 3 unspecified atom stereocenters. The molecule has 2 aromatic heterocycles. The number of carbonyl (C=O) groups is 4. The normalized spacial score (nSPS) is 20.3. The highest BCUT2D eigenvalue weighted by Gasteiger charge is 2.43. The Labute approximate surface area is 382 Å². The highest BCUT2D eigenvalue weighted by atomic mass is 16.5. The van der Waals surface area contributed by atoms with Crippen LogP contribution >= 0.6 is 0 Å². The van der Waals surface area contributed by atoms with E-state index in [1.54, 1.807) is 12.0 Å². The van der Waals surface area contributed by atoms with Crippen molar-refractivity contribution in [2.45, 2.75) is 70.8 Å². The quantitative estimate of drug-likeness (QED) is 0.0936. The van der Waals surface area contributed by atoms with Crippen LogP contribution in [-0.4, -0.2) is 101 Å².